The van der Waals surface area contributed by atoms with Crippen molar-refractivity contribution in [3.63, 3.8) is 0 Å². The number of rotatable bonds is 2. The number of carbonyl (C=O) groups excluding carboxylic acids is 1. The van der Waals surface area contributed by atoms with Gasteiger partial charge in [0.25, 0.3) is 5.56 Å². The number of hydrogen-bond acceptors (Lipinski definition) is 7. The van der Waals surface area contributed by atoms with E-state index in [2.05, 4.69) is 4.99 Å². The molecule has 32 heavy (non-hydrogen) atoms. The van der Waals surface area contributed by atoms with Gasteiger partial charge >= 0.3 is 5.97 Å². The number of phenols is 1. The highest BCUT2D eigenvalue weighted by atomic mass is 35.5. The Morgan fingerprint density at radius 1 is 1.34 bits per heavy atom. The molecule has 0 amide bonds. The molecule has 0 radical (unpaired) electrons. The number of carbonyl (C=O) groups is 1. The van der Waals surface area contributed by atoms with Gasteiger partial charge in [0.15, 0.2) is 4.80 Å². The van der Waals surface area contributed by atoms with Crippen LogP contribution in [0.2, 0.25) is 10.0 Å². The molecule has 0 fully saturated rings. The van der Waals surface area contributed by atoms with Crippen molar-refractivity contribution < 1.29 is 19.4 Å². The van der Waals surface area contributed by atoms with Gasteiger partial charge in [-0.3, -0.25) is 14.2 Å². The van der Waals surface area contributed by atoms with Crippen LogP contribution in [0.4, 0.5) is 0 Å². The first-order valence-corrected chi connectivity index (χ1v) is 11.2. The van der Waals surface area contributed by atoms with Crippen LogP contribution < -0.4 is 19.6 Å². The average molecular weight is 491 g/mol. The molecule has 2 aliphatic rings. The van der Waals surface area contributed by atoms with Crippen LogP contribution in [0.15, 0.2) is 46.2 Å². The molecule has 5 rings (SSSR count). The quantitative estimate of drug-likeness (QED) is 0.557. The van der Waals surface area contributed by atoms with Crippen molar-refractivity contribution in [3.8, 4) is 11.5 Å². The Balaban J connectivity index is 1.81. The maximum atomic E-state index is 13.5. The molecule has 0 spiro atoms. The number of ether oxygens (including phenoxy) is 2. The summed E-state index contributed by atoms with van der Waals surface area (Å²) < 4.78 is 13.0. The van der Waals surface area contributed by atoms with Crippen molar-refractivity contribution in [3.05, 3.63) is 77.3 Å². The minimum Gasteiger partial charge on any atom is -0.506 e. The number of halogens is 2. The Labute approximate surface area is 195 Å². The smallest absolute Gasteiger partial charge is 0.317 e. The average Bonchev–Trinajstić information content (AvgIpc) is 3.04. The van der Waals surface area contributed by atoms with Crippen LogP contribution in [0.25, 0.3) is 6.08 Å². The number of methoxy groups -OCH3 is 1. The summed E-state index contributed by atoms with van der Waals surface area (Å²) in [6.45, 7) is 1.71. The molecule has 0 saturated heterocycles. The third-order valence-electron chi connectivity index (χ3n) is 5.68. The number of aromatic nitrogens is 1. The number of hydrogen-bond donors (Lipinski definition) is 1. The van der Waals surface area contributed by atoms with Crippen molar-refractivity contribution in [2.24, 2.45) is 10.9 Å². The lowest BCUT2D eigenvalue weighted by Gasteiger charge is -2.44. The summed E-state index contributed by atoms with van der Waals surface area (Å²) in [6, 6.07) is 9.51. The van der Waals surface area contributed by atoms with Crippen LogP contribution in [0.3, 0.4) is 0 Å². The van der Waals surface area contributed by atoms with E-state index >= 15 is 0 Å². The van der Waals surface area contributed by atoms with Crippen molar-refractivity contribution in [2.45, 2.75) is 18.7 Å². The van der Waals surface area contributed by atoms with Crippen molar-refractivity contribution in [1.29, 1.82) is 0 Å². The van der Waals surface area contributed by atoms with Crippen LogP contribution in [-0.4, -0.2) is 28.5 Å². The van der Waals surface area contributed by atoms with Gasteiger partial charge in [-0.05, 0) is 31.2 Å². The number of esters is 1. The van der Waals surface area contributed by atoms with Gasteiger partial charge in [0, 0.05) is 16.1 Å². The lowest BCUT2D eigenvalue weighted by molar-refractivity contribution is -0.158. The fourth-order valence-electron chi connectivity index (χ4n) is 4.27. The van der Waals surface area contributed by atoms with E-state index in [0.29, 0.717) is 31.2 Å². The normalized spacial score (nSPS) is 23.6. The number of benzene rings is 2. The van der Waals surface area contributed by atoms with E-state index in [1.807, 2.05) is 18.2 Å². The highest BCUT2D eigenvalue weighted by Crippen LogP contribution is 2.47. The van der Waals surface area contributed by atoms with Gasteiger partial charge in [-0.1, -0.05) is 52.7 Å². The number of phenolic OH excluding ortho intramolecular Hbond substituents is 1. The molecule has 0 saturated carbocycles. The lowest BCUT2D eigenvalue weighted by Crippen LogP contribution is -2.58. The van der Waals surface area contributed by atoms with E-state index in [4.69, 9.17) is 32.7 Å². The van der Waals surface area contributed by atoms with Gasteiger partial charge < -0.3 is 14.6 Å². The number of fused-ring (bicyclic) bond motifs is 6. The molecule has 3 aromatic rings. The molecule has 3 heterocycles. The van der Waals surface area contributed by atoms with E-state index in [1.165, 1.54) is 29.9 Å². The van der Waals surface area contributed by atoms with Gasteiger partial charge in [-0.2, -0.15) is 0 Å². The predicted octanol–water partition coefficient (Wildman–Crippen LogP) is 2.87. The van der Waals surface area contributed by atoms with Crippen molar-refractivity contribution in [1.82, 2.24) is 4.57 Å². The number of thiazole rings is 1. The molecular formula is C22H16Cl2N2O5S. The van der Waals surface area contributed by atoms with Crippen LogP contribution >= 0.6 is 34.5 Å². The zero-order valence-corrected chi connectivity index (χ0v) is 19.2. The third-order valence-corrected chi connectivity index (χ3v) is 7.17. The van der Waals surface area contributed by atoms with Crippen molar-refractivity contribution in [2.75, 3.05) is 7.11 Å². The van der Waals surface area contributed by atoms with Crippen LogP contribution in [-0.2, 0) is 9.53 Å². The van der Waals surface area contributed by atoms with E-state index in [0.717, 1.165) is 11.3 Å². The van der Waals surface area contributed by atoms with E-state index in [-0.39, 0.29) is 16.3 Å². The number of para-hydroxylation sites is 1. The molecule has 2 aliphatic heterocycles. The molecule has 0 aliphatic carbocycles. The molecule has 10 heteroatoms. The maximum Gasteiger partial charge on any atom is 0.317 e. The molecule has 1 N–H and O–H groups in total. The Morgan fingerprint density at radius 2 is 2.09 bits per heavy atom. The molecular weight excluding hydrogens is 475 g/mol. The topological polar surface area (TPSA) is 90.1 Å². The Kier molecular flexibility index (Phi) is 4.85. The highest BCUT2D eigenvalue weighted by Gasteiger charge is 2.55. The Hall–Kier alpha value is -2.81. The second-order valence-corrected chi connectivity index (χ2v) is 9.50. The summed E-state index contributed by atoms with van der Waals surface area (Å²) in [5.74, 6) is -1.01. The molecule has 2 bridgehead atoms. The third kappa shape index (κ3) is 3.05. The maximum absolute atomic E-state index is 13.5. The van der Waals surface area contributed by atoms with Crippen LogP contribution in [0.5, 0.6) is 11.5 Å². The van der Waals surface area contributed by atoms with Crippen LogP contribution in [0, 0.1) is 5.92 Å². The van der Waals surface area contributed by atoms with Gasteiger partial charge in [-0.25, -0.2) is 4.99 Å². The summed E-state index contributed by atoms with van der Waals surface area (Å²) in [5.41, 5.74) is -0.616. The van der Waals surface area contributed by atoms with Gasteiger partial charge in [-0.15, -0.1) is 0 Å². The number of nitrogens with zero attached hydrogens (tertiary/aromatic N) is 2. The Morgan fingerprint density at radius 3 is 2.84 bits per heavy atom. The van der Waals surface area contributed by atoms with Gasteiger partial charge in [0.1, 0.15) is 17.4 Å². The fraction of sp³-hybridized carbons (Fsp3) is 0.227. The first-order valence-electron chi connectivity index (χ1n) is 9.60. The Bertz CT molecular complexity index is 1460. The molecule has 2 aromatic carbocycles. The summed E-state index contributed by atoms with van der Waals surface area (Å²) in [5, 5.41) is 10.7. The lowest BCUT2D eigenvalue weighted by atomic mass is 9.81. The molecule has 0 unspecified atom stereocenters. The predicted molar refractivity (Wildman–Crippen MR) is 120 cm³/mol. The molecule has 164 valence electrons. The van der Waals surface area contributed by atoms with E-state index in [1.54, 1.807) is 13.0 Å². The van der Waals surface area contributed by atoms with E-state index < -0.39 is 23.7 Å². The van der Waals surface area contributed by atoms with Gasteiger partial charge in [0.05, 0.1) is 22.7 Å². The molecule has 3 atom stereocenters. The summed E-state index contributed by atoms with van der Waals surface area (Å²) in [4.78, 5) is 31.4. The van der Waals surface area contributed by atoms with Crippen molar-refractivity contribution >= 4 is 46.6 Å². The summed E-state index contributed by atoms with van der Waals surface area (Å²) in [7, 11) is 1.30. The number of aromatic hydroxyl groups is 1. The molecule has 7 nitrogen and oxygen atoms in total. The van der Waals surface area contributed by atoms with Gasteiger partial charge in [0.2, 0.25) is 5.72 Å². The zero-order chi connectivity index (χ0) is 22.8. The SMILES string of the molecule is COC(=O)[C@H]1[C@H]2c3ccccc3O[C@]1(C)N=c1s/c(=C/c3cc(Cl)cc(Cl)c3O)c(=O)n12. The standard InChI is InChI=1S/C22H16Cl2N2O5S/c1-22-16(20(29)30-2)17(12-5-3-4-6-14(12)31-22)26-19(28)15(32-21(26)25-22)8-10-7-11(23)9-13(24)18(10)27/h3-9,16-17,27H,1-2H3/b15-8+/t16-,17-,22+/m1/s1. The zero-order valence-electron chi connectivity index (χ0n) is 16.8. The minimum absolute atomic E-state index is 0.0753. The second kappa shape index (κ2) is 7.37. The largest absolute Gasteiger partial charge is 0.506 e. The van der Waals surface area contributed by atoms with Crippen LogP contribution in [0.1, 0.15) is 24.1 Å². The first kappa shape index (κ1) is 21.1. The highest BCUT2D eigenvalue weighted by molar-refractivity contribution is 7.07. The molecule has 1 aromatic heterocycles. The monoisotopic (exact) mass is 490 g/mol. The minimum atomic E-state index is -1.25. The van der Waals surface area contributed by atoms with E-state index in [9.17, 15) is 14.7 Å². The summed E-state index contributed by atoms with van der Waals surface area (Å²) in [6.07, 6.45) is 1.51. The second-order valence-electron chi connectivity index (χ2n) is 7.65. The fourth-order valence-corrected chi connectivity index (χ4v) is 5.87. The first-order chi connectivity index (χ1) is 15.2. The summed E-state index contributed by atoms with van der Waals surface area (Å²) >= 11 is 13.2.